The highest BCUT2D eigenvalue weighted by Gasteiger charge is 2.25. The van der Waals surface area contributed by atoms with E-state index in [1.807, 2.05) is 7.05 Å². The molecule has 1 aromatic rings. The molecule has 0 saturated heterocycles. The van der Waals surface area contributed by atoms with Gasteiger partial charge in [-0.3, -0.25) is 0 Å². The van der Waals surface area contributed by atoms with Gasteiger partial charge in [0.15, 0.2) is 0 Å². The van der Waals surface area contributed by atoms with E-state index in [2.05, 4.69) is 58.2 Å². The van der Waals surface area contributed by atoms with Gasteiger partial charge >= 0.3 is 0 Å². The van der Waals surface area contributed by atoms with Crippen molar-refractivity contribution in [2.24, 2.45) is 5.92 Å². The quantitative estimate of drug-likeness (QED) is 0.855. The Labute approximate surface area is 119 Å². The van der Waals surface area contributed by atoms with E-state index in [0.717, 1.165) is 12.5 Å². The van der Waals surface area contributed by atoms with Crippen molar-refractivity contribution in [1.82, 2.24) is 5.32 Å². The second-order valence-corrected chi connectivity index (χ2v) is 6.11. The van der Waals surface area contributed by atoms with E-state index in [9.17, 15) is 0 Å². The number of nitrogens with zero attached hydrogens (tertiary/aromatic N) is 1. The molecule has 0 amide bonds. The summed E-state index contributed by atoms with van der Waals surface area (Å²) in [6.45, 7) is 6.75. The van der Waals surface area contributed by atoms with E-state index in [4.69, 9.17) is 0 Å². The topological polar surface area (TPSA) is 15.3 Å². The zero-order valence-corrected chi connectivity index (χ0v) is 13.1. The van der Waals surface area contributed by atoms with Crippen molar-refractivity contribution in [2.75, 3.05) is 25.0 Å². The Bertz CT molecular complexity index is 401. The summed E-state index contributed by atoms with van der Waals surface area (Å²) < 4.78 is 1.17. The minimum atomic E-state index is 0.390. The fourth-order valence-electron chi connectivity index (χ4n) is 2.32. The Balaban J connectivity index is 2.28. The van der Waals surface area contributed by atoms with Gasteiger partial charge < -0.3 is 10.2 Å². The van der Waals surface area contributed by atoms with Crippen molar-refractivity contribution in [3.05, 3.63) is 28.2 Å². The van der Waals surface area contributed by atoms with Crippen LogP contribution >= 0.6 is 15.9 Å². The first-order valence-corrected chi connectivity index (χ1v) is 7.66. The molecule has 1 saturated carbocycles. The van der Waals surface area contributed by atoms with Crippen LogP contribution in [0.15, 0.2) is 22.7 Å². The zero-order valence-electron chi connectivity index (χ0n) is 11.5. The number of hydrogen-bond acceptors (Lipinski definition) is 2. The monoisotopic (exact) mass is 310 g/mol. The van der Waals surface area contributed by atoms with Crippen LogP contribution in [0.4, 0.5) is 5.69 Å². The molecule has 18 heavy (non-hydrogen) atoms. The first-order chi connectivity index (χ1) is 8.65. The molecule has 1 fully saturated rings. The number of nitrogens with one attached hydrogen (secondary N) is 1. The molecule has 100 valence electrons. The van der Waals surface area contributed by atoms with E-state index in [1.54, 1.807) is 0 Å². The van der Waals surface area contributed by atoms with E-state index in [0.29, 0.717) is 6.04 Å². The molecule has 0 aliphatic heterocycles. The summed E-state index contributed by atoms with van der Waals surface area (Å²) in [5.74, 6) is 0.918. The predicted molar refractivity (Wildman–Crippen MR) is 82.2 cm³/mol. The van der Waals surface area contributed by atoms with Crippen molar-refractivity contribution in [3.63, 3.8) is 0 Å². The largest absolute Gasteiger partial charge is 0.371 e. The average Bonchev–Trinajstić information content (AvgIpc) is 3.19. The fraction of sp³-hybridized carbons (Fsp3) is 0.600. The van der Waals surface area contributed by atoms with Crippen molar-refractivity contribution >= 4 is 21.6 Å². The van der Waals surface area contributed by atoms with E-state index >= 15 is 0 Å². The molecule has 0 spiro atoms. The number of halogens is 1. The molecule has 0 radical (unpaired) electrons. The summed E-state index contributed by atoms with van der Waals surface area (Å²) in [4.78, 5) is 2.52. The molecule has 2 nitrogen and oxygen atoms in total. The first-order valence-electron chi connectivity index (χ1n) is 6.87. The van der Waals surface area contributed by atoms with Gasteiger partial charge in [-0.15, -0.1) is 0 Å². The smallest absolute Gasteiger partial charge is 0.0425 e. The summed E-state index contributed by atoms with van der Waals surface area (Å²) in [5, 5.41) is 3.35. The van der Waals surface area contributed by atoms with Gasteiger partial charge in [-0.2, -0.15) is 0 Å². The number of anilines is 1. The summed E-state index contributed by atoms with van der Waals surface area (Å²) in [6.07, 6.45) is 2.81. The third-order valence-electron chi connectivity index (χ3n) is 3.79. The summed E-state index contributed by atoms with van der Waals surface area (Å²) >= 11 is 3.60. The fourth-order valence-corrected chi connectivity index (χ4v) is 2.67. The maximum Gasteiger partial charge on any atom is 0.0425 e. The molecule has 1 N–H and O–H groups in total. The maximum atomic E-state index is 3.60. The van der Waals surface area contributed by atoms with Crippen LogP contribution in [0.25, 0.3) is 0 Å². The van der Waals surface area contributed by atoms with Gasteiger partial charge in [0.1, 0.15) is 0 Å². The summed E-state index contributed by atoms with van der Waals surface area (Å²) in [6, 6.07) is 7.02. The molecule has 3 heteroatoms. The SMILES string of the molecule is CCN(CC1CC1)c1cc(Br)ccc1C(C)NC. The zero-order chi connectivity index (χ0) is 13.1. The Morgan fingerprint density at radius 1 is 1.44 bits per heavy atom. The van der Waals surface area contributed by atoms with Crippen molar-refractivity contribution in [3.8, 4) is 0 Å². The van der Waals surface area contributed by atoms with Crippen LogP contribution in [0.3, 0.4) is 0 Å². The highest BCUT2D eigenvalue weighted by atomic mass is 79.9. The normalized spacial score (nSPS) is 16.7. The molecule has 0 bridgehead atoms. The maximum absolute atomic E-state index is 3.60. The molecule has 1 aliphatic carbocycles. The molecule has 0 heterocycles. The minimum absolute atomic E-state index is 0.390. The second kappa shape index (κ2) is 6.07. The lowest BCUT2D eigenvalue weighted by Gasteiger charge is -2.28. The van der Waals surface area contributed by atoms with Crippen LogP contribution in [0.1, 0.15) is 38.3 Å². The van der Waals surface area contributed by atoms with Gasteiger partial charge in [0.2, 0.25) is 0 Å². The highest BCUT2D eigenvalue weighted by Crippen LogP contribution is 2.35. The lowest BCUT2D eigenvalue weighted by atomic mass is 10.0. The molecule has 1 atom stereocenters. The van der Waals surface area contributed by atoms with E-state index in [-0.39, 0.29) is 0 Å². The van der Waals surface area contributed by atoms with Crippen molar-refractivity contribution < 1.29 is 0 Å². The Kier molecular flexibility index (Phi) is 4.68. The lowest BCUT2D eigenvalue weighted by molar-refractivity contribution is 0.644. The third-order valence-corrected chi connectivity index (χ3v) is 4.28. The molecular formula is C15H23BrN2. The lowest BCUT2D eigenvalue weighted by Crippen LogP contribution is -2.27. The van der Waals surface area contributed by atoms with Gasteiger partial charge in [0.25, 0.3) is 0 Å². The highest BCUT2D eigenvalue weighted by molar-refractivity contribution is 9.10. The van der Waals surface area contributed by atoms with Crippen LogP contribution in [0, 0.1) is 5.92 Å². The van der Waals surface area contributed by atoms with E-state index < -0.39 is 0 Å². The van der Waals surface area contributed by atoms with Gasteiger partial charge in [-0.25, -0.2) is 0 Å². The number of benzene rings is 1. The molecule has 0 aromatic heterocycles. The van der Waals surface area contributed by atoms with Crippen molar-refractivity contribution in [1.29, 1.82) is 0 Å². The molecule has 1 aromatic carbocycles. The van der Waals surface area contributed by atoms with Crippen LogP contribution < -0.4 is 10.2 Å². The van der Waals surface area contributed by atoms with Gasteiger partial charge in [0.05, 0.1) is 0 Å². The van der Waals surface area contributed by atoms with Crippen LogP contribution in [0.2, 0.25) is 0 Å². The molecular weight excluding hydrogens is 288 g/mol. The Hall–Kier alpha value is -0.540. The molecule has 2 rings (SSSR count). The number of hydrogen-bond donors (Lipinski definition) is 1. The van der Waals surface area contributed by atoms with Gasteiger partial charge in [0, 0.05) is 29.3 Å². The van der Waals surface area contributed by atoms with Crippen LogP contribution in [0.5, 0.6) is 0 Å². The third kappa shape index (κ3) is 3.27. The van der Waals surface area contributed by atoms with Gasteiger partial charge in [-0.1, -0.05) is 22.0 Å². The summed E-state index contributed by atoms with van der Waals surface area (Å²) in [7, 11) is 2.02. The van der Waals surface area contributed by atoms with Gasteiger partial charge in [-0.05, 0) is 57.4 Å². The molecule has 1 aliphatic rings. The van der Waals surface area contributed by atoms with Crippen molar-refractivity contribution in [2.45, 2.75) is 32.7 Å². The van der Waals surface area contributed by atoms with E-state index in [1.165, 1.54) is 35.1 Å². The minimum Gasteiger partial charge on any atom is -0.371 e. The second-order valence-electron chi connectivity index (χ2n) is 5.20. The van der Waals surface area contributed by atoms with Crippen LogP contribution in [-0.4, -0.2) is 20.1 Å². The average molecular weight is 311 g/mol. The van der Waals surface area contributed by atoms with Crippen LogP contribution in [-0.2, 0) is 0 Å². The number of rotatable bonds is 6. The first kappa shape index (κ1) is 13.9. The molecule has 1 unspecified atom stereocenters. The summed E-state index contributed by atoms with van der Waals surface area (Å²) in [5.41, 5.74) is 2.77. The standard InChI is InChI=1S/C15H23BrN2/c1-4-18(10-12-5-6-12)15-9-13(16)7-8-14(15)11(2)17-3/h7-9,11-12,17H,4-6,10H2,1-3H3. The Morgan fingerprint density at radius 3 is 2.72 bits per heavy atom. The predicted octanol–water partition coefficient (Wildman–Crippen LogP) is 3.97. The Morgan fingerprint density at radius 2 is 2.17 bits per heavy atom.